The number of benzene rings is 2. The van der Waals surface area contributed by atoms with Gasteiger partial charge in [-0.15, -0.1) is 0 Å². The van der Waals surface area contributed by atoms with Gasteiger partial charge in [0.15, 0.2) is 0 Å². The first-order valence-electron chi connectivity index (χ1n) is 6.70. The molecule has 2 aromatic carbocycles. The lowest BCUT2D eigenvalue weighted by Crippen LogP contribution is -2.05. The molecule has 108 valence electrons. The summed E-state index contributed by atoms with van der Waals surface area (Å²) in [5, 5.41) is 9.95. The normalized spacial score (nSPS) is 12.8. The summed E-state index contributed by atoms with van der Waals surface area (Å²) in [6.45, 7) is 3.34. The van der Waals surface area contributed by atoms with E-state index in [1.165, 1.54) is 6.07 Å². The molecule has 1 unspecified atom stereocenters. The van der Waals surface area contributed by atoms with Gasteiger partial charge in [0.1, 0.15) is 17.7 Å². The number of nitrogens with two attached hydrogens (primary N) is 1. The number of nitrogen functional groups attached to an aromatic ring is 1. The van der Waals surface area contributed by atoms with Gasteiger partial charge in [-0.1, -0.05) is 6.07 Å². The monoisotopic (exact) mass is 285 g/mol. The van der Waals surface area contributed by atoms with Crippen molar-refractivity contribution in [3.8, 4) is 5.69 Å². The molecule has 0 radical (unpaired) electrons. The maximum atomic E-state index is 13.9. The van der Waals surface area contributed by atoms with E-state index in [2.05, 4.69) is 4.98 Å². The van der Waals surface area contributed by atoms with Gasteiger partial charge in [-0.3, -0.25) is 4.57 Å². The lowest BCUT2D eigenvalue weighted by molar-refractivity contribution is 0.187. The molecule has 0 aliphatic rings. The van der Waals surface area contributed by atoms with Crippen molar-refractivity contribution >= 4 is 16.7 Å². The maximum absolute atomic E-state index is 13.9. The number of imidazole rings is 1. The van der Waals surface area contributed by atoms with Crippen molar-refractivity contribution in [1.29, 1.82) is 0 Å². The molecule has 3 rings (SSSR count). The molecular formula is C16H16FN3O. The number of aliphatic hydroxyl groups is 1. The Hall–Kier alpha value is -2.40. The van der Waals surface area contributed by atoms with E-state index in [1.807, 2.05) is 12.1 Å². The van der Waals surface area contributed by atoms with E-state index in [-0.39, 0.29) is 5.82 Å². The van der Waals surface area contributed by atoms with Crippen molar-refractivity contribution < 1.29 is 9.50 Å². The van der Waals surface area contributed by atoms with Crippen LogP contribution < -0.4 is 5.73 Å². The minimum absolute atomic E-state index is 0.290. The van der Waals surface area contributed by atoms with Gasteiger partial charge in [0.05, 0.1) is 16.7 Å². The Morgan fingerprint density at radius 2 is 2.00 bits per heavy atom. The summed E-state index contributed by atoms with van der Waals surface area (Å²) in [4.78, 5) is 4.41. The van der Waals surface area contributed by atoms with Crippen LogP contribution in [0.3, 0.4) is 0 Å². The van der Waals surface area contributed by atoms with Gasteiger partial charge in [0, 0.05) is 5.69 Å². The standard InChI is InChI=1S/C16H16FN3O/c1-9-3-5-12(8-13(9)17)20-15-6-4-11(18)7-14(15)19-16(20)10(2)21/h3-8,10,21H,18H2,1-2H3. The Kier molecular flexibility index (Phi) is 3.14. The SMILES string of the molecule is Cc1ccc(-n2c(C(C)O)nc3cc(N)ccc32)cc1F. The zero-order valence-corrected chi connectivity index (χ0v) is 11.8. The van der Waals surface area contributed by atoms with Gasteiger partial charge in [-0.05, 0) is 49.7 Å². The highest BCUT2D eigenvalue weighted by Gasteiger charge is 2.17. The van der Waals surface area contributed by atoms with Gasteiger partial charge >= 0.3 is 0 Å². The number of anilines is 1. The lowest BCUT2D eigenvalue weighted by atomic mass is 10.2. The second-order valence-corrected chi connectivity index (χ2v) is 5.16. The van der Waals surface area contributed by atoms with Crippen LogP contribution in [0.1, 0.15) is 24.4 Å². The number of aliphatic hydroxyl groups excluding tert-OH is 1. The van der Waals surface area contributed by atoms with Gasteiger partial charge in [0.25, 0.3) is 0 Å². The highest BCUT2D eigenvalue weighted by atomic mass is 19.1. The molecule has 3 aromatic rings. The molecule has 21 heavy (non-hydrogen) atoms. The molecule has 0 aliphatic heterocycles. The number of hydrogen-bond acceptors (Lipinski definition) is 3. The van der Waals surface area contributed by atoms with Crippen molar-refractivity contribution in [2.45, 2.75) is 20.0 Å². The van der Waals surface area contributed by atoms with Crippen LogP contribution in [0.15, 0.2) is 36.4 Å². The summed E-state index contributed by atoms with van der Waals surface area (Å²) in [5.41, 5.74) is 9.02. The van der Waals surface area contributed by atoms with Gasteiger partial charge in [0.2, 0.25) is 0 Å². The number of nitrogens with zero attached hydrogens (tertiary/aromatic N) is 2. The average Bonchev–Trinajstić information content (AvgIpc) is 2.80. The summed E-state index contributed by atoms with van der Waals surface area (Å²) in [5.74, 6) is 0.167. The van der Waals surface area contributed by atoms with Crippen molar-refractivity contribution in [3.05, 3.63) is 53.6 Å². The van der Waals surface area contributed by atoms with Crippen LogP contribution in [0, 0.1) is 12.7 Å². The van der Waals surface area contributed by atoms with Gasteiger partial charge in [-0.25, -0.2) is 9.37 Å². The summed E-state index contributed by atoms with van der Waals surface area (Å²) in [7, 11) is 0. The number of halogens is 1. The highest BCUT2D eigenvalue weighted by molar-refractivity contribution is 5.81. The predicted octanol–water partition coefficient (Wildman–Crippen LogP) is 3.11. The molecule has 1 aromatic heterocycles. The molecule has 0 bridgehead atoms. The molecule has 1 atom stereocenters. The molecule has 0 amide bonds. The summed E-state index contributed by atoms with van der Waals surface area (Å²) in [6.07, 6.45) is -0.775. The minimum atomic E-state index is -0.775. The summed E-state index contributed by atoms with van der Waals surface area (Å²) >= 11 is 0. The fourth-order valence-electron chi connectivity index (χ4n) is 2.39. The molecule has 4 nitrogen and oxygen atoms in total. The third-order valence-corrected chi connectivity index (χ3v) is 3.49. The van der Waals surface area contributed by atoms with E-state index in [0.29, 0.717) is 28.3 Å². The van der Waals surface area contributed by atoms with Crippen LogP contribution >= 0.6 is 0 Å². The van der Waals surface area contributed by atoms with Crippen LogP contribution in [0.25, 0.3) is 16.7 Å². The van der Waals surface area contributed by atoms with Crippen LogP contribution in [0.2, 0.25) is 0 Å². The topological polar surface area (TPSA) is 64.1 Å². The van der Waals surface area contributed by atoms with Crippen LogP contribution in [-0.2, 0) is 0 Å². The minimum Gasteiger partial charge on any atom is -0.399 e. The zero-order valence-electron chi connectivity index (χ0n) is 11.8. The van der Waals surface area contributed by atoms with Crippen molar-refractivity contribution in [2.75, 3.05) is 5.73 Å². The van der Waals surface area contributed by atoms with E-state index in [0.717, 1.165) is 5.52 Å². The molecule has 0 fully saturated rings. The van der Waals surface area contributed by atoms with Crippen molar-refractivity contribution in [3.63, 3.8) is 0 Å². The van der Waals surface area contributed by atoms with Gasteiger partial charge in [-0.2, -0.15) is 0 Å². The van der Waals surface area contributed by atoms with Crippen LogP contribution in [0.4, 0.5) is 10.1 Å². The Balaban J connectivity index is 2.33. The summed E-state index contributed by atoms with van der Waals surface area (Å²) < 4.78 is 15.6. The number of hydrogen-bond donors (Lipinski definition) is 2. The molecule has 1 heterocycles. The molecular weight excluding hydrogens is 269 g/mol. The maximum Gasteiger partial charge on any atom is 0.143 e. The third kappa shape index (κ3) is 2.25. The first kappa shape index (κ1) is 13.6. The fourth-order valence-corrected chi connectivity index (χ4v) is 2.39. The number of fused-ring (bicyclic) bond motifs is 1. The molecule has 5 heteroatoms. The predicted molar refractivity (Wildman–Crippen MR) is 80.8 cm³/mol. The number of aromatic nitrogens is 2. The smallest absolute Gasteiger partial charge is 0.143 e. The van der Waals surface area contributed by atoms with Crippen LogP contribution in [0.5, 0.6) is 0 Å². The van der Waals surface area contributed by atoms with Crippen LogP contribution in [-0.4, -0.2) is 14.7 Å². The third-order valence-electron chi connectivity index (χ3n) is 3.49. The highest BCUT2D eigenvalue weighted by Crippen LogP contribution is 2.27. The quantitative estimate of drug-likeness (QED) is 0.711. The lowest BCUT2D eigenvalue weighted by Gasteiger charge is -2.12. The second-order valence-electron chi connectivity index (χ2n) is 5.16. The van der Waals surface area contributed by atoms with Crippen molar-refractivity contribution in [1.82, 2.24) is 9.55 Å². The summed E-state index contributed by atoms with van der Waals surface area (Å²) in [6, 6.07) is 10.3. The number of aryl methyl sites for hydroxylation is 1. The van der Waals surface area contributed by atoms with E-state index in [9.17, 15) is 9.50 Å². The number of rotatable bonds is 2. The average molecular weight is 285 g/mol. The molecule has 0 saturated carbocycles. The Bertz CT molecular complexity index is 824. The first-order chi connectivity index (χ1) is 9.97. The van der Waals surface area contributed by atoms with Crippen molar-refractivity contribution in [2.24, 2.45) is 0 Å². The fraction of sp³-hybridized carbons (Fsp3) is 0.188. The molecule has 0 aliphatic carbocycles. The first-order valence-corrected chi connectivity index (χ1v) is 6.70. The Labute approximate surface area is 121 Å². The molecule has 3 N–H and O–H groups in total. The largest absolute Gasteiger partial charge is 0.399 e. The Morgan fingerprint density at radius 1 is 1.24 bits per heavy atom. The van der Waals surface area contributed by atoms with E-state index in [4.69, 9.17) is 5.73 Å². The zero-order chi connectivity index (χ0) is 15.1. The van der Waals surface area contributed by atoms with E-state index < -0.39 is 6.10 Å². The van der Waals surface area contributed by atoms with E-state index in [1.54, 1.807) is 36.6 Å². The Morgan fingerprint density at radius 3 is 2.67 bits per heavy atom. The molecule has 0 spiro atoms. The van der Waals surface area contributed by atoms with Gasteiger partial charge < -0.3 is 10.8 Å². The second kappa shape index (κ2) is 4.86. The molecule has 0 saturated heterocycles. The van der Waals surface area contributed by atoms with E-state index >= 15 is 0 Å².